The molecule has 0 bridgehead atoms. The van der Waals surface area contributed by atoms with Crippen molar-refractivity contribution in [2.75, 3.05) is 0 Å². The summed E-state index contributed by atoms with van der Waals surface area (Å²) in [5.41, 5.74) is 0. The zero-order chi connectivity index (χ0) is 9.20. The molecule has 2 aliphatic rings. The zero-order valence-corrected chi connectivity index (χ0v) is 6.17. The van der Waals surface area contributed by atoms with E-state index >= 15 is 0 Å². The summed E-state index contributed by atoms with van der Waals surface area (Å²) < 4.78 is 61.9. The molecule has 0 nitrogen and oxygen atoms in total. The maximum absolute atomic E-state index is 12.5. The van der Waals surface area contributed by atoms with E-state index in [-0.39, 0.29) is 0 Å². The van der Waals surface area contributed by atoms with Crippen molar-refractivity contribution in [3.8, 4) is 0 Å². The Morgan fingerprint density at radius 1 is 1.08 bits per heavy atom. The van der Waals surface area contributed by atoms with E-state index in [0.717, 1.165) is 0 Å². The predicted octanol–water partition coefficient (Wildman–Crippen LogP) is 3.02. The van der Waals surface area contributed by atoms with Gasteiger partial charge in [0, 0.05) is 5.31 Å². The summed E-state index contributed by atoms with van der Waals surface area (Å²) in [6.45, 7) is -5.37. The molecule has 2 fully saturated rings. The van der Waals surface area contributed by atoms with Crippen LogP contribution in [-0.4, -0.2) is 12.9 Å². The smallest absolute Gasteiger partial charge is 0.448 e. The van der Waals surface area contributed by atoms with Crippen molar-refractivity contribution in [3.05, 3.63) is 0 Å². The van der Waals surface area contributed by atoms with Gasteiger partial charge >= 0.3 is 6.98 Å². The molecular formula is C6H7BF5-. The average Bonchev–Trinajstić information content (AvgIpc) is 2.60. The molecule has 0 spiro atoms. The lowest BCUT2D eigenvalue weighted by Crippen LogP contribution is -2.32. The first-order valence-electron chi connectivity index (χ1n) is 3.88. The van der Waals surface area contributed by atoms with Gasteiger partial charge in [-0.1, -0.05) is 18.8 Å². The lowest BCUT2D eigenvalue weighted by atomic mass is 9.65. The highest BCUT2D eigenvalue weighted by Crippen LogP contribution is 2.81. The molecule has 70 valence electrons. The van der Waals surface area contributed by atoms with E-state index in [2.05, 4.69) is 0 Å². The maximum Gasteiger partial charge on any atom is 0.490 e. The molecule has 0 aromatic rings. The third-order valence-electron chi connectivity index (χ3n) is 2.96. The summed E-state index contributed by atoms with van der Waals surface area (Å²) in [6.07, 6.45) is -0.331. The summed E-state index contributed by atoms with van der Waals surface area (Å²) in [5.74, 6) is -4.25. The summed E-state index contributed by atoms with van der Waals surface area (Å²) in [5, 5.41) is -2.58. The van der Waals surface area contributed by atoms with Crippen LogP contribution in [0.1, 0.15) is 19.3 Å². The van der Waals surface area contributed by atoms with E-state index in [1.165, 1.54) is 0 Å². The fraction of sp³-hybridized carbons (Fsp3) is 1.00. The molecule has 2 aliphatic carbocycles. The highest BCUT2D eigenvalue weighted by molar-refractivity contribution is 6.64. The normalized spacial score (nSPS) is 39.8. The number of hydrogen-bond acceptors (Lipinski definition) is 0. The largest absolute Gasteiger partial charge is 0.490 e. The Morgan fingerprint density at radius 2 is 1.50 bits per heavy atom. The van der Waals surface area contributed by atoms with Crippen molar-refractivity contribution in [2.24, 2.45) is 5.92 Å². The van der Waals surface area contributed by atoms with Crippen LogP contribution in [0.4, 0.5) is 21.7 Å². The molecule has 0 amide bonds. The molecule has 0 N–H and O–H groups in total. The van der Waals surface area contributed by atoms with Crippen molar-refractivity contribution >= 4 is 6.98 Å². The summed E-state index contributed by atoms with van der Waals surface area (Å²) in [7, 11) is 0. The molecule has 0 heterocycles. The van der Waals surface area contributed by atoms with Crippen molar-refractivity contribution in [1.29, 1.82) is 0 Å². The molecular weight excluding hydrogens is 178 g/mol. The minimum absolute atomic E-state index is 0.316. The van der Waals surface area contributed by atoms with Crippen LogP contribution in [-0.2, 0) is 0 Å². The third kappa shape index (κ3) is 0.782. The zero-order valence-electron chi connectivity index (χ0n) is 6.17. The molecule has 1 atom stereocenters. The van der Waals surface area contributed by atoms with Gasteiger partial charge in [0.15, 0.2) is 0 Å². The van der Waals surface area contributed by atoms with Gasteiger partial charge in [0.2, 0.25) is 5.92 Å². The highest BCUT2D eigenvalue weighted by Gasteiger charge is 2.82. The van der Waals surface area contributed by atoms with Crippen LogP contribution in [0.5, 0.6) is 0 Å². The Labute approximate surface area is 66.2 Å². The minimum Gasteiger partial charge on any atom is -0.448 e. The Balaban J connectivity index is 2.27. The minimum atomic E-state index is -5.37. The van der Waals surface area contributed by atoms with Gasteiger partial charge in [-0.15, -0.1) is 0 Å². The topological polar surface area (TPSA) is 0 Å². The van der Waals surface area contributed by atoms with Gasteiger partial charge in [0.05, 0.1) is 0 Å². The quantitative estimate of drug-likeness (QED) is 0.458. The van der Waals surface area contributed by atoms with Crippen LogP contribution in [0.2, 0.25) is 5.31 Å². The maximum atomic E-state index is 12.5. The van der Waals surface area contributed by atoms with Crippen LogP contribution in [0.15, 0.2) is 0 Å². The fourth-order valence-electron chi connectivity index (χ4n) is 1.99. The van der Waals surface area contributed by atoms with Gasteiger partial charge < -0.3 is 12.9 Å². The second kappa shape index (κ2) is 1.80. The van der Waals surface area contributed by atoms with Crippen LogP contribution in [0.3, 0.4) is 0 Å². The van der Waals surface area contributed by atoms with E-state index in [4.69, 9.17) is 0 Å². The first kappa shape index (κ1) is 8.32. The average molecular weight is 185 g/mol. The SMILES string of the molecule is F[B-](F)(F)C1(C2CC2)CC1(F)F. The van der Waals surface area contributed by atoms with E-state index in [1.54, 1.807) is 0 Å². The van der Waals surface area contributed by atoms with Gasteiger partial charge in [-0.05, 0) is 6.42 Å². The second-order valence-electron chi connectivity index (χ2n) is 3.77. The summed E-state index contributed by atoms with van der Waals surface area (Å²) >= 11 is 0. The first-order chi connectivity index (χ1) is 5.31. The van der Waals surface area contributed by atoms with Crippen LogP contribution < -0.4 is 0 Å². The Morgan fingerprint density at radius 3 is 1.58 bits per heavy atom. The standard InChI is InChI=1S/C6H7BF5/c8-6(9)3-5(6,4-1-2-4)7(10,11)12/h4H,1-3H2/q-1. The number of hydrogen-bond donors (Lipinski definition) is 0. The number of halogens is 5. The van der Waals surface area contributed by atoms with E-state index < -0.39 is 30.6 Å². The molecule has 6 heteroatoms. The molecule has 2 rings (SSSR count). The van der Waals surface area contributed by atoms with Gasteiger partial charge in [0.1, 0.15) is 0 Å². The molecule has 1 unspecified atom stereocenters. The molecule has 2 saturated carbocycles. The van der Waals surface area contributed by atoms with E-state index in [1.807, 2.05) is 0 Å². The second-order valence-corrected chi connectivity index (χ2v) is 3.77. The van der Waals surface area contributed by atoms with Crippen molar-refractivity contribution in [1.82, 2.24) is 0 Å². The molecule has 0 aliphatic heterocycles. The van der Waals surface area contributed by atoms with E-state index in [9.17, 15) is 21.7 Å². The molecule has 0 aromatic heterocycles. The monoisotopic (exact) mass is 185 g/mol. The Hall–Kier alpha value is -0.285. The number of alkyl halides is 2. The van der Waals surface area contributed by atoms with Crippen LogP contribution >= 0.6 is 0 Å². The first-order valence-corrected chi connectivity index (χ1v) is 3.88. The number of rotatable bonds is 2. The Kier molecular flexibility index (Phi) is 1.25. The lowest BCUT2D eigenvalue weighted by Gasteiger charge is -2.26. The molecule has 0 radical (unpaired) electrons. The molecule has 12 heavy (non-hydrogen) atoms. The molecule has 0 aromatic carbocycles. The fourth-order valence-corrected chi connectivity index (χ4v) is 1.99. The van der Waals surface area contributed by atoms with Crippen molar-refractivity contribution < 1.29 is 21.7 Å². The van der Waals surface area contributed by atoms with Gasteiger partial charge in [0.25, 0.3) is 0 Å². The van der Waals surface area contributed by atoms with Crippen LogP contribution in [0, 0.1) is 5.92 Å². The summed E-state index contributed by atoms with van der Waals surface area (Å²) in [4.78, 5) is 0. The van der Waals surface area contributed by atoms with Gasteiger partial charge in [-0.2, -0.15) is 0 Å². The molecule has 0 saturated heterocycles. The highest BCUT2D eigenvalue weighted by atomic mass is 19.4. The van der Waals surface area contributed by atoms with Gasteiger partial charge in [-0.25, -0.2) is 8.78 Å². The Bertz CT molecular complexity index is 218. The van der Waals surface area contributed by atoms with E-state index in [0.29, 0.717) is 12.8 Å². The van der Waals surface area contributed by atoms with Crippen molar-refractivity contribution in [3.63, 3.8) is 0 Å². The van der Waals surface area contributed by atoms with Crippen molar-refractivity contribution in [2.45, 2.75) is 30.5 Å². The summed E-state index contributed by atoms with van der Waals surface area (Å²) in [6, 6.07) is 0. The van der Waals surface area contributed by atoms with Crippen LogP contribution in [0.25, 0.3) is 0 Å². The lowest BCUT2D eigenvalue weighted by molar-refractivity contribution is 0.0882. The van der Waals surface area contributed by atoms with Gasteiger partial charge in [-0.3, -0.25) is 0 Å². The predicted molar refractivity (Wildman–Crippen MR) is 34.1 cm³/mol. The third-order valence-corrected chi connectivity index (χ3v) is 2.96.